The van der Waals surface area contributed by atoms with E-state index in [1.165, 1.54) is 0 Å². The molecule has 1 atom stereocenters. The molecule has 2 aromatic heterocycles. The van der Waals surface area contributed by atoms with Crippen LogP contribution in [0.15, 0.2) is 48.8 Å². The van der Waals surface area contributed by atoms with Gasteiger partial charge in [-0.2, -0.15) is 5.10 Å². The Hall–Kier alpha value is -3.69. The number of rotatable bonds is 6. The van der Waals surface area contributed by atoms with Crippen molar-refractivity contribution in [1.29, 1.82) is 0 Å². The smallest absolute Gasteiger partial charge is 0.317 e. The van der Waals surface area contributed by atoms with Crippen LogP contribution in [0, 0.1) is 0 Å². The average Bonchev–Trinajstić information content (AvgIpc) is 3.32. The molecule has 31 heavy (non-hydrogen) atoms. The molecule has 0 saturated carbocycles. The maximum Gasteiger partial charge on any atom is 0.317 e. The van der Waals surface area contributed by atoms with Gasteiger partial charge in [-0.15, -0.1) is 10.2 Å². The highest BCUT2D eigenvalue weighted by Crippen LogP contribution is 2.20. The molecule has 0 spiro atoms. The highest BCUT2D eigenvalue weighted by atomic mass is 16.5. The third-order valence-electron chi connectivity index (χ3n) is 5.43. The molecule has 162 valence electrons. The number of nitrogens with zero attached hydrogens (tertiary/aromatic N) is 7. The average molecular weight is 422 g/mol. The second kappa shape index (κ2) is 9.41. The number of aromatic nitrogens is 5. The van der Waals surface area contributed by atoms with Crippen LogP contribution in [0.2, 0.25) is 0 Å². The molecule has 1 N–H and O–H groups in total. The molecule has 1 aromatic carbocycles. The van der Waals surface area contributed by atoms with Gasteiger partial charge in [0.2, 0.25) is 0 Å². The first-order valence-electron chi connectivity index (χ1n) is 10.2. The van der Waals surface area contributed by atoms with Crippen LogP contribution in [0.1, 0.15) is 18.5 Å². The van der Waals surface area contributed by atoms with E-state index < -0.39 is 0 Å². The summed E-state index contributed by atoms with van der Waals surface area (Å²) in [5.41, 5.74) is 1.52. The van der Waals surface area contributed by atoms with Crippen molar-refractivity contribution in [2.24, 2.45) is 0 Å². The van der Waals surface area contributed by atoms with Gasteiger partial charge in [-0.3, -0.25) is 0 Å². The standard InChI is InChI=1S/C21H26N8O2/c1-27(18-7-5-11-28(15-18)20-9-4-10-23-25-20)21(30)22-13-16-14-29(26-24-16)17-6-3-8-19(12-17)31-2/h3-4,6,8-10,12,14,18H,5,7,11,13,15H2,1-2H3,(H,22,30). The summed E-state index contributed by atoms with van der Waals surface area (Å²) < 4.78 is 6.91. The molecular weight excluding hydrogens is 396 g/mol. The number of benzene rings is 1. The Morgan fingerprint density at radius 2 is 2.19 bits per heavy atom. The normalized spacial score (nSPS) is 16.1. The minimum Gasteiger partial charge on any atom is -0.497 e. The Bertz CT molecular complexity index is 1010. The molecule has 3 heterocycles. The van der Waals surface area contributed by atoms with E-state index in [0.717, 1.165) is 43.2 Å². The maximum absolute atomic E-state index is 12.7. The van der Waals surface area contributed by atoms with Crippen LogP contribution >= 0.6 is 0 Å². The van der Waals surface area contributed by atoms with Crippen LogP contribution in [0.4, 0.5) is 10.6 Å². The molecule has 0 aliphatic carbocycles. The first-order chi connectivity index (χ1) is 15.1. The van der Waals surface area contributed by atoms with Gasteiger partial charge in [0.05, 0.1) is 31.6 Å². The molecule has 1 fully saturated rings. The Morgan fingerprint density at radius 3 is 3.00 bits per heavy atom. The van der Waals surface area contributed by atoms with Gasteiger partial charge in [-0.1, -0.05) is 11.3 Å². The topological polar surface area (TPSA) is 101 Å². The zero-order chi connectivity index (χ0) is 21.6. The fourth-order valence-corrected chi connectivity index (χ4v) is 3.66. The van der Waals surface area contributed by atoms with E-state index in [0.29, 0.717) is 12.2 Å². The Kier molecular flexibility index (Phi) is 6.25. The molecule has 0 radical (unpaired) electrons. The Labute approximate surface area is 180 Å². The van der Waals surface area contributed by atoms with E-state index in [1.807, 2.05) is 43.4 Å². The molecule has 1 aliphatic heterocycles. The van der Waals surface area contributed by atoms with Gasteiger partial charge >= 0.3 is 6.03 Å². The van der Waals surface area contributed by atoms with Crippen molar-refractivity contribution in [3.05, 3.63) is 54.5 Å². The number of likely N-dealkylation sites (N-methyl/N-ethyl adjacent to an activating group) is 1. The number of carbonyl (C=O) groups excluding carboxylic acids is 1. The van der Waals surface area contributed by atoms with Gasteiger partial charge in [0.25, 0.3) is 0 Å². The van der Waals surface area contributed by atoms with Gasteiger partial charge in [0.1, 0.15) is 11.4 Å². The number of nitrogens with one attached hydrogen (secondary N) is 1. The summed E-state index contributed by atoms with van der Waals surface area (Å²) in [6, 6.07) is 11.3. The largest absolute Gasteiger partial charge is 0.497 e. The first-order valence-corrected chi connectivity index (χ1v) is 10.2. The SMILES string of the molecule is COc1cccc(-n2cc(CNC(=O)N(C)C3CCCN(c4cccnn4)C3)nn2)c1. The monoisotopic (exact) mass is 422 g/mol. The van der Waals surface area contributed by atoms with Gasteiger partial charge in [-0.25, -0.2) is 9.48 Å². The van der Waals surface area contributed by atoms with Crippen LogP contribution < -0.4 is 15.0 Å². The van der Waals surface area contributed by atoms with E-state index in [-0.39, 0.29) is 12.1 Å². The lowest BCUT2D eigenvalue weighted by atomic mass is 10.0. The molecule has 2 amide bonds. The number of piperidine rings is 1. The van der Waals surface area contributed by atoms with Crippen LogP contribution in [-0.2, 0) is 6.54 Å². The third-order valence-corrected chi connectivity index (χ3v) is 5.43. The zero-order valence-corrected chi connectivity index (χ0v) is 17.7. The van der Waals surface area contributed by atoms with Gasteiger partial charge in [0.15, 0.2) is 5.82 Å². The predicted molar refractivity (Wildman–Crippen MR) is 115 cm³/mol. The number of urea groups is 1. The summed E-state index contributed by atoms with van der Waals surface area (Å²) in [5.74, 6) is 1.59. The van der Waals surface area contributed by atoms with E-state index in [4.69, 9.17) is 4.74 Å². The van der Waals surface area contributed by atoms with Gasteiger partial charge in [0, 0.05) is 32.4 Å². The fraction of sp³-hybridized carbons (Fsp3) is 0.381. The molecule has 10 heteroatoms. The summed E-state index contributed by atoms with van der Waals surface area (Å²) >= 11 is 0. The van der Waals surface area contributed by atoms with Crippen molar-refractivity contribution in [3.8, 4) is 11.4 Å². The lowest BCUT2D eigenvalue weighted by Crippen LogP contribution is -2.51. The number of methoxy groups -OCH3 is 1. The molecule has 3 aromatic rings. The van der Waals surface area contributed by atoms with Crippen molar-refractivity contribution in [2.75, 3.05) is 32.1 Å². The van der Waals surface area contributed by atoms with Gasteiger partial charge in [-0.05, 0) is 37.1 Å². The van der Waals surface area contributed by atoms with Crippen LogP contribution in [0.5, 0.6) is 5.75 Å². The molecule has 1 unspecified atom stereocenters. The number of hydrogen-bond donors (Lipinski definition) is 1. The number of anilines is 1. The summed E-state index contributed by atoms with van der Waals surface area (Å²) in [7, 11) is 3.45. The molecule has 0 bridgehead atoms. The van der Waals surface area contributed by atoms with E-state index in [2.05, 4.69) is 30.7 Å². The van der Waals surface area contributed by atoms with Gasteiger partial charge < -0.3 is 19.9 Å². The fourth-order valence-electron chi connectivity index (χ4n) is 3.66. The van der Waals surface area contributed by atoms with Crippen LogP contribution in [-0.4, -0.2) is 69.4 Å². The van der Waals surface area contributed by atoms with E-state index >= 15 is 0 Å². The van der Waals surface area contributed by atoms with Crippen LogP contribution in [0.3, 0.4) is 0 Å². The van der Waals surface area contributed by atoms with E-state index in [1.54, 1.807) is 29.1 Å². The summed E-state index contributed by atoms with van der Waals surface area (Å²) in [6.45, 7) is 1.94. The van der Waals surface area contributed by atoms with Crippen molar-refractivity contribution < 1.29 is 9.53 Å². The first kappa shape index (κ1) is 20.6. The third kappa shape index (κ3) is 4.90. The molecule has 1 aliphatic rings. The second-order valence-electron chi connectivity index (χ2n) is 7.45. The lowest BCUT2D eigenvalue weighted by Gasteiger charge is -2.37. The number of carbonyl (C=O) groups is 1. The minimum atomic E-state index is -0.137. The van der Waals surface area contributed by atoms with Crippen molar-refractivity contribution in [1.82, 2.24) is 35.4 Å². The molecule has 4 rings (SSSR count). The summed E-state index contributed by atoms with van der Waals surface area (Å²) in [4.78, 5) is 16.6. The maximum atomic E-state index is 12.7. The molecular formula is C21H26N8O2. The highest BCUT2D eigenvalue weighted by Gasteiger charge is 2.27. The highest BCUT2D eigenvalue weighted by molar-refractivity contribution is 5.74. The molecule has 10 nitrogen and oxygen atoms in total. The van der Waals surface area contributed by atoms with Crippen molar-refractivity contribution >= 4 is 11.8 Å². The summed E-state index contributed by atoms with van der Waals surface area (Å²) in [5, 5.41) is 19.4. The van der Waals surface area contributed by atoms with Crippen molar-refractivity contribution in [3.63, 3.8) is 0 Å². The molecule has 1 saturated heterocycles. The number of amides is 2. The summed E-state index contributed by atoms with van der Waals surface area (Å²) in [6.07, 6.45) is 5.40. The van der Waals surface area contributed by atoms with Crippen molar-refractivity contribution in [2.45, 2.75) is 25.4 Å². The Morgan fingerprint density at radius 1 is 1.29 bits per heavy atom. The second-order valence-corrected chi connectivity index (χ2v) is 7.45. The quantitative estimate of drug-likeness (QED) is 0.647. The van der Waals surface area contributed by atoms with Crippen LogP contribution in [0.25, 0.3) is 5.69 Å². The Balaban J connectivity index is 1.33. The minimum absolute atomic E-state index is 0.100. The predicted octanol–water partition coefficient (Wildman–Crippen LogP) is 1.88. The number of hydrogen-bond acceptors (Lipinski definition) is 7. The lowest BCUT2D eigenvalue weighted by molar-refractivity contribution is 0.182. The zero-order valence-electron chi connectivity index (χ0n) is 17.7. The van der Waals surface area contributed by atoms with E-state index in [9.17, 15) is 4.79 Å². The number of ether oxygens (including phenoxy) is 1.